The number of carbonyl (C=O) groups excluding carboxylic acids is 1. The smallest absolute Gasteiger partial charge is 0.255 e. The Kier molecular flexibility index (Phi) is 4.21. The molecule has 2 heterocycles. The van der Waals surface area contributed by atoms with E-state index >= 15 is 0 Å². The summed E-state index contributed by atoms with van der Waals surface area (Å²) in [6, 6.07) is 16.3. The van der Waals surface area contributed by atoms with Gasteiger partial charge in [0.15, 0.2) is 0 Å². The first-order chi connectivity index (χ1) is 13.2. The summed E-state index contributed by atoms with van der Waals surface area (Å²) >= 11 is 0. The topological polar surface area (TPSA) is 94.8 Å². The Morgan fingerprint density at radius 1 is 1.04 bits per heavy atom. The first-order valence-corrected chi connectivity index (χ1v) is 8.23. The number of amides is 1. The molecule has 2 aromatic carbocycles. The van der Waals surface area contributed by atoms with Crippen molar-refractivity contribution in [2.45, 2.75) is 0 Å². The Morgan fingerprint density at radius 2 is 1.89 bits per heavy atom. The maximum absolute atomic E-state index is 12.7. The highest BCUT2D eigenvalue weighted by atomic mass is 16.5. The lowest BCUT2D eigenvalue weighted by Crippen LogP contribution is -2.12. The number of methoxy groups -OCH3 is 1. The van der Waals surface area contributed by atoms with Gasteiger partial charge >= 0.3 is 0 Å². The van der Waals surface area contributed by atoms with Gasteiger partial charge < -0.3 is 10.1 Å². The van der Waals surface area contributed by atoms with Crippen molar-refractivity contribution in [3.05, 3.63) is 60.2 Å². The number of hydrogen-bond donors (Lipinski definition) is 1. The zero-order valence-electron chi connectivity index (χ0n) is 14.7. The average molecular weight is 360 g/mol. The molecular formula is C19H16N6O2. The van der Waals surface area contributed by atoms with E-state index in [2.05, 4.69) is 25.8 Å². The van der Waals surface area contributed by atoms with Gasteiger partial charge in [-0.25, -0.2) is 4.68 Å². The van der Waals surface area contributed by atoms with Crippen LogP contribution in [-0.2, 0) is 7.05 Å². The molecule has 8 nitrogen and oxygen atoms in total. The lowest BCUT2D eigenvalue weighted by Gasteiger charge is -2.07. The number of aromatic nitrogens is 5. The van der Waals surface area contributed by atoms with E-state index in [1.54, 1.807) is 48.1 Å². The summed E-state index contributed by atoms with van der Waals surface area (Å²) in [5.41, 5.74) is 4.05. The molecule has 0 fully saturated rings. The SMILES string of the molecule is COc1ccc(-c2cccc(C(=O)Nc3cccc4c3nnn4C)c2)nn1. The predicted molar refractivity (Wildman–Crippen MR) is 100 cm³/mol. The van der Waals surface area contributed by atoms with E-state index in [0.29, 0.717) is 28.3 Å². The fourth-order valence-corrected chi connectivity index (χ4v) is 2.76. The molecule has 27 heavy (non-hydrogen) atoms. The number of rotatable bonds is 4. The van der Waals surface area contributed by atoms with E-state index < -0.39 is 0 Å². The Hall–Kier alpha value is -3.81. The molecule has 0 saturated carbocycles. The second kappa shape index (κ2) is 6.83. The zero-order valence-corrected chi connectivity index (χ0v) is 14.7. The summed E-state index contributed by atoms with van der Waals surface area (Å²) in [6.07, 6.45) is 0. The second-order valence-corrected chi connectivity index (χ2v) is 5.88. The van der Waals surface area contributed by atoms with Crippen LogP contribution in [0.5, 0.6) is 5.88 Å². The molecule has 0 radical (unpaired) electrons. The van der Waals surface area contributed by atoms with Gasteiger partial charge in [0.1, 0.15) is 5.52 Å². The molecule has 0 atom stereocenters. The molecular weight excluding hydrogens is 344 g/mol. The first kappa shape index (κ1) is 16.6. The zero-order chi connectivity index (χ0) is 18.8. The minimum atomic E-state index is -0.239. The molecule has 0 unspecified atom stereocenters. The standard InChI is InChI=1S/C19H16N6O2/c1-25-16-8-4-7-15(18(16)23-24-25)20-19(26)13-6-3-5-12(11-13)14-9-10-17(27-2)22-21-14/h3-11H,1-2H3,(H,20,26). The van der Waals surface area contributed by atoms with Crippen LogP contribution in [0.25, 0.3) is 22.3 Å². The summed E-state index contributed by atoms with van der Waals surface area (Å²) in [7, 11) is 3.34. The van der Waals surface area contributed by atoms with Crippen LogP contribution in [0.3, 0.4) is 0 Å². The van der Waals surface area contributed by atoms with Crippen molar-refractivity contribution in [2.24, 2.45) is 7.05 Å². The molecule has 4 rings (SSSR count). The van der Waals surface area contributed by atoms with E-state index in [1.807, 2.05) is 18.2 Å². The molecule has 8 heteroatoms. The number of hydrogen-bond acceptors (Lipinski definition) is 6. The molecule has 4 aromatic rings. The number of ether oxygens (including phenoxy) is 1. The van der Waals surface area contributed by atoms with Gasteiger partial charge in [0.05, 0.1) is 24.0 Å². The van der Waals surface area contributed by atoms with Crippen molar-refractivity contribution in [1.82, 2.24) is 25.2 Å². The fraction of sp³-hybridized carbons (Fsp3) is 0.105. The largest absolute Gasteiger partial charge is 0.480 e. The molecule has 0 aliphatic rings. The van der Waals surface area contributed by atoms with Gasteiger partial charge in [0, 0.05) is 24.2 Å². The predicted octanol–water partition coefficient (Wildman–Crippen LogP) is 2.69. The van der Waals surface area contributed by atoms with Gasteiger partial charge in [0.25, 0.3) is 5.91 Å². The number of carbonyl (C=O) groups is 1. The van der Waals surface area contributed by atoms with E-state index in [-0.39, 0.29) is 5.91 Å². The summed E-state index contributed by atoms with van der Waals surface area (Å²) in [6.45, 7) is 0. The third-order valence-electron chi connectivity index (χ3n) is 4.16. The van der Waals surface area contributed by atoms with Gasteiger partial charge in [-0.1, -0.05) is 23.4 Å². The number of fused-ring (bicyclic) bond motifs is 1. The molecule has 1 amide bonds. The number of benzene rings is 2. The molecule has 0 bridgehead atoms. The summed E-state index contributed by atoms with van der Waals surface area (Å²) < 4.78 is 6.68. The highest BCUT2D eigenvalue weighted by molar-refractivity contribution is 6.08. The lowest BCUT2D eigenvalue weighted by molar-refractivity contribution is 0.102. The second-order valence-electron chi connectivity index (χ2n) is 5.88. The van der Waals surface area contributed by atoms with Crippen molar-refractivity contribution in [3.8, 4) is 17.1 Å². The van der Waals surface area contributed by atoms with Gasteiger partial charge in [-0.15, -0.1) is 15.3 Å². The number of anilines is 1. The molecule has 0 aliphatic heterocycles. The third kappa shape index (κ3) is 3.20. The summed E-state index contributed by atoms with van der Waals surface area (Å²) in [4.78, 5) is 12.7. The van der Waals surface area contributed by atoms with Crippen LogP contribution in [0, 0.1) is 0 Å². The molecule has 1 N–H and O–H groups in total. The van der Waals surface area contributed by atoms with Crippen molar-refractivity contribution in [1.29, 1.82) is 0 Å². The lowest BCUT2D eigenvalue weighted by atomic mass is 10.1. The molecule has 134 valence electrons. The normalized spacial score (nSPS) is 10.7. The summed E-state index contributed by atoms with van der Waals surface area (Å²) in [5.74, 6) is 0.196. The van der Waals surface area contributed by atoms with Crippen LogP contribution < -0.4 is 10.1 Å². The van der Waals surface area contributed by atoms with E-state index in [4.69, 9.17) is 4.74 Å². The molecule has 0 spiro atoms. The maximum atomic E-state index is 12.7. The minimum Gasteiger partial charge on any atom is -0.480 e. The van der Waals surface area contributed by atoms with Gasteiger partial charge in [-0.3, -0.25) is 4.79 Å². The van der Waals surface area contributed by atoms with E-state index in [0.717, 1.165) is 11.1 Å². The van der Waals surface area contributed by atoms with Gasteiger partial charge in [-0.2, -0.15) is 0 Å². The van der Waals surface area contributed by atoms with Crippen LogP contribution in [0.2, 0.25) is 0 Å². The molecule has 0 saturated heterocycles. The molecule has 2 aromatic heterocycles. The third-order valence-corrected chi connectivity index (χ3v) is 4.16. The Bertz CT molecular complexity index is 1120. The minimum absolute atomic E-state index is 0.239. The quantitative estimate of drug-likeness (QED) is 0.601. The maximum Gasteiger partial charge on any atom is 0.255 e. The highest BCUT2D eigenvalue weighted by Crippen LogP contribution is 2.23. The van der Waals surface area contributed by atoms with Crippen LogP contribution in [0.15, 0.2) is 54.6 Å². The highest BCUT2D eigenvalue weighted by Gasteiger charge is 2.12. The number of nitrogens with one attached hydrogen (secondary N) is 1. The van der Waals surface area contributed by atoms with Crippen molar-refractivity contribution >= 4 is 22.6 Å². The summed E-state index contributed by atoms with van der Waals surface area (Å²) in [5, 5.41) is 19.1. The van der Waals surface area contributed by atoms with Crippen molar-refractivity contribution in [2.75, 3.05) is 12.4 Å². The Labute approximate surface area is 154 Å². The molecule has 0 aliphatic carbocycles. The van der Waals surface area contributed by atoms with Crippen LogP contribution in [-0.4, -0.2) is 38.2 Å². The average Bonchev–Trinajstić information content (AvgIpc) is 3.10. The monoisotopic (exact) mass is 360 g/mol. The van der Waals surface area contributed by atoms with Crippen LogP contribution >= 0.6 is 0 Å². The van der Waals surface area contributed by atoms with E-state index in [1.165, 1.54) is 7.11 Å². The first-order valence-electron chi connectivity index (χ1n) is 8.23. The van der Waals surface area contributed by atoms with Crippen molar-refractivity contribution in [3.63, 3.8) is 0 Å². The number of nitrogens with zero attached hydrogens (tertiary/aromatic N) is 5. The van der Waals surface area contributed by atoms with Crippen LogP contribution in [0.4, 0.5) is 5.69 Å². The van der Waals surface area contributed by atoms with Crippen LogP contribution in [0.1, 0.15) is 10.4 Å². The van der Waals surface area contributed by atoms with Gasteiger partial charge in [-0.05, 0) is 30.3 Å². The number of aryl methyl sites for hydroxylation is 1. The van der Waals surface area contributed by atoms with Gasteiger partial charge in [0.2, 0.25) is 5.88 Å². The van der Waals surface area contributed by atoms with E-state index in [9.17, 15) is 4.79 Å². The van der Waals surface area contributed by atoms with Crippen molar-refractivity contribution < 1.29 is 9.53 Å². The Balaban J connectivity index is 1.62. The fourth-order valence-electron chi connectivity index (χ4n) is 2.76. The Morgan fingerprint density at radius 3 is 2.67 bits per heavy atom.